The Balaban J connectivity index is 2.47. The van der Waals surface area contributed by atoms with Crippen LogP contribution < -0.4 is 10.4 Å². The normalized spacial score (nSPS) is 10.0. The van der Waals surface area contributed by atoms with Gasteiger partial charge in [-0.3, -0.25) is 0 Å². The van der Waals surface area contributed by atoms with Crippen molar-refractivity contribution in [2.24, 2.45) is 0 Å². The predicted molar refractivity (Wildman–Crippen MR) is 75.4 cm³/mol. The maximum atomic E-state index is 11.5. The van der Waals surface area contributed by atoms with E-state index in [1.807, 2.05) is 12.1 Å². The van der Waals surface area contributed by atoms with Crippen LogP contribution in [0, 0.1) is 11.8 Å². The van der Waals surface area contributed by atoms with Gasteiger partial charge < -0.3 is 9.15 Å². The van der Waals surface area contributed by atoms with Crippen LogP contribution in [0.1, 0.15) is 31.7 Å². The molecule has 0 aliphatic rings. The minimum Gasteiger partial charge on any atom is -0.497 e. The fourth-order valence-corrected chi connectivity index (χ4v) is 1.80. The molecule has 0 fully saturated rings. The molecular weight excluding hydrogens is 240 g/mol. The van der Waals surface area contributed by atoms with Crippen LogP contribution in [-0.2, 0) is 0 Å². The Hall–Kier alpha value is -2.21. The summed E-state index contributed by atoms with van der Waals surface area (Å²) in [7, 11) is 1.58. The van der Waals surface area contributed by atoms with Gasteiger partial charge in [-0.1, -0.05) is 25.2 Å². The van der Waals surface area contributed by atoms with E-state index in [9.17, 15) is 4.79 Å². The second-order valence-corrected chi connectivity index (χ2v) is 4.25. The molecular formula is C16H16O3. The number of fused-ring (bicyclic) bond motifs is 1. The summed E-state index contributed by atoms with van der Waals surface area (Å²) in [6.45, 7) is 2.13. The fourth-order valence-electron chi connectivity index (χ4n) is 1.80. The Morgan fingerprint density at radius 1 is 1.32 bits per heavy atom. The molecule has 1 aromatic heterocycles. The fraction of sp³-hybridized carbons (Fsp3) is 0.312. The van der Waals surface area contributed by atoms with E-state index in [2.05, 4.69) is 18.8 Å². The molecule has 98 valence electrons. The molecule has 2 aromatic rings. The van der Waals surface area contributed by atoms with Gasteiger partial charge in [0.15, 0.2) is 0 Å². The molecule has 0 saturated carbocycles. The first kappa shape index (κ1) is 13.2. The molecule has 0 atom stereocenters. The maximum absolute atomic E-state index is 11.5. The average Bonchev–Trinajstić information content (AvgIpc) is 2.42. The third kappa shape index (κ3) is 3.17. The Kier molecular flexibility index (Phi) is 4.25. The van der Waals surface area contributed by atoms with Crippen molar-refractivity contribution in [3.8, 4) is 17.6 Å². The number of ether oxygens (including phenoxy) is 1. The summed E-state index contributed by atoms with van der Waals surface area (Å²) in [6, 6.07) is 6.84. The number of benzene rings is 1. The second-order valence-electron chi connectivity index (χ2n) is 4.25. The topological polar surface area (TPSA) is 39.4 Å². The minimum absolute atomic E-state index is 0.388. The van der Waals surface area contributed by atoms with Crippen molar-refractivity contribution in [1.82, 2.24) is 0 Å². The van der Waals surface area contributed by atoms with E-state index in [0.29, 0.717) is 16.9 Å². The van der Waals surface area contributed by atoms with Crippen LogP contribution >= 0.6 is 0 Å². The summed E-state index contributed by atoms with van der Waals surface area (Å²) in [5.41, 5.74) is 0.831. The van der Waals surface area contributed by atoms with Crippen LogP contribution in [-0.4, -0.2) is 7.11 Å². The molecule has 2 rings (SSSR count). The molecule has 0 aliphatic heterocycles. The van der Waals surface area contributed by atoms with E-state index in [0.717, 1.165) is 24.6 Å². The van der Waals surface area contributed by atoms with Crippen molar-refractivity contribution >= 4 is 11.0 Å². The van der Waals surface area contributed by atoms with Gasteiger partial charge in [0.2, 0.25) is 0 Å². The lowest BCUT2D eigenvalue weighted by molar-refractivity contribution is 0.414. The van der Waals surface area contributed by atoms with Gasteiger partial charge in [-0.15, -0.1) is 0 Å². The van der Waals surface area contributed by atoms with Gasteiger partial charge in [-0.2, -0.15) is 0 Å². The first-order chi connectivity index (χ1) is 9.24. The van der Waals surface area contributed by atoms with Gasteiger partial charge in [-0.25, -0.2) is 4.79 Å². The van der Waals surface area contributed by atoms with E-state index in [1.165, 1.54) is 6.07 Å². The summed E-state index contributed by atoms with van der Waals surface area (Å²) in [5.74, 6) is 6.80. The standard InChI is InChI=1S/C16H16O3/c1-3-4-5-6-7-12-10-16(17)19-15-11-13(18-2)8-9-14(12)15/h8-11H,3-5H2,1-2H3. The lowest BCUT2D eigenvalue weighted by atomic mass is 10.1. The molecule has 0 spiro atoms. The summed E-state index contributed by atoms with van der Waals surface area (Å²) in [6.07, 6.45) is 3.03. The zero-order valence-corrected chi connectivity index (χ0v) is 11.2. The summed E-state index contributed by atoms with van der Waals surface area (Å²) in [5, 5.41) is 0.837. The molecule has 0 N–H and O–H groups in total. The van der Waals surface area contributed by atoms with Crippen LogP contribution in [0.2, 0.25) is 0 Å². The van der Waals surface area contributed by atoms with Gasteiger partial charge in [-0.05, 0) is 18.6 Å². The van der Waals surface area contributed by atoms with Crippen molar-refractivity contribution < 1.29 is 9.15 Å². The Bertz CT molecular complexity index is 686. The first-order valence-corrected chi connectivity index (χ1v) is 6.35. The van der Waals surface area contributed by atoms with Crippen LogP contribution in [0.4, 0.5) is 0 Å². The minimum atomic E-state index is -0.388. The molecule has 0 amide bonds. The highest BCUT2D eigenvalue weighted by molar-refractivity contribution is 5.84. The number of unbranched alkanes of at least 4 members (excludes halogenated alkanes) is 2. The monoisotopic (exact) mass is 256 g/mol. The van der Waals surface area contributed by atoms with E-state index in [1.54, 1.807) is 13.2 Å². The predicted octanol–water partition coefficient (Wildman–Crippen LogP) is 3.34. The van der Waals surface area contributed by atoms with Gasteiger partial charge >= 0.3 is 5.63 Å². The maximum Gasteiger partial charge on any atom is 0.337 e. The molecule has 3 nitrogen and oxygen atoms in total. The summed E-state index contributed by atoms with van der Waals surface area (Å²) >= 11 is 0. The molecule has 0 radical (unpaired) electrons. The third-order valence-electron chi connectivity index (χ3n) is 2.83. The highest BCUT2D eigenvalue weighted by Crippen LogP contribution is 2.21. The largest absolute Gasteiger partial charge is 0.497 e. The van der Waals surface area contributed by atoms with Gasteiger partial charge in [0.05, 0.1) is 7.11 Å². The van der Waals surface area contributed by atoms with Crippen LogP contribution in [0.25, 0.3) is 11.0 Å². The lowest BCUT2D eigenvalue weighted by Gasteiger charge is -2.02. The smallest absolute Gasteiger partial charge is 0.337 e. The van der Waals surface area contributed by atoms with Crippen molar-refractivity contribution in [2.75, 3.05) is 7.11 Å². The molecule has 0 bridgehead atoms. The molecule has 0 saturated heterocycles. The third-order valence-corrected chi connectivity index (χ3v) is 2.83. The molecule has 3 heteroatoms. The molecule has 1 heterocycles. The van der Waals surface area contributed by atoms with Crippen molar-refractivity contribution in [3.05, 3.63) is 40.2 Å². The first-order valence-electron chi connectivity index (χ1n) is 6.35. The van der Waals surface area contributed by atoms with Crippen molar-refractivity contribution in [2.45, 2.75) is 26.2 Å². The average molecular weight is 256 g/mol. The zero-order chi connectivity index (χ0) is 13.7. The quantitative estimate of drug-likeness (QED) is 0.480. The van der Waals surface area contributed by atoms with E-state index in [-0.39, 0.29) is 5.63 Å². The SMILES string of the molecule is CCCCC#Cc1cc(=O)oc2cc(OC)ccc12. The summed E-state index contributed by atoms with van der Waals surface area (Å²) < 4.78 is 10.3. The second kappa shape index (κ2) is 6.10. The number of hydrogen-bond donors (Lipinski definition) is 0. The Morgan fingerprint density at radius 3 is 2.89 bits per heavy atom. The van der Waals surface area contributed by atoms with Crippen LogP contribution in [0.5, 0.6) is 5.75 Å². The Labute approximate surface area is 112 Å². The molecule has 0 aliphatic carbocycles. The molecule has 1 aromatic carbocycles. The van der Waals surface area contributed by atoms with Crippen LogP contribution in [0.15, 0.2) is 33.5 Å². The van der Waals surface area contributed by atoms with Crippen molar-refractivity contribution in [3.63, 3.8) is 0 Å². The number of hydrogen-bond acceptors (Lipinski definition) is 3. The molecule has 19 heavy (non-hydrogen) atoms. The highest BCUT2D eigenvalue weighted by atomic mass is 16.5. The van der Waals surface area contributed by atoms with Gasteiger partial charge in [0.1, 0.15) is 11.3 Å². The van der Waals surface area contributed by atoms with E-state index in [4.69, 9.17) is 9.15 Å². The van der Waals surface area contributed by atoms with Crippen molar-refractivity contribution in [1.29, 1.82) is 0 Å². The van der Waals surface area contributed by atoms with Gasteiger partial charge in [0.25, 0.3) is 0 Å². The van der Waals surface area contributed by atoms with Gasteiger partial charge in [0, 0.05) is 29.5 Å². The molecule has 0 unspecified atom stereocenters. The van der Waals surface area contributed by atoms with Crippen LogP contribution in [0.3, 0.4) is 0 Å². The van der Waals surface area contributed by atoms with E-state index >= 15 is 0 Å². The number of methoxy groups -OCH3 is 1. The zero-order valence-electron chi connectivity index (χ0n) is 11.2. The number of rotatable bonds is 3. The summed E-state index contributed by atoms with van der Waals surface area (Å²) in [4.78, 5) is 11.5. The van der Waals surface area contributed by atoms with E-state index < -0.39 is 0 Å². The Morgan fingerprint density at radius 2 is 2.16 bits per heavy atom. The lowest BCUT2D eigenvalue weighted by Crippen LogP contribution is -1.98. The highest BCUT2D eigenvalue weighted by Gasteiger charge is 2.04.